The van der Waals surface area contributed by atoms with Crippen LogP contribution in [0.15, 0.2) is 18.2 Å². The summed E-state index contributed by atoms with van der Waals surface area (Å²) in [5.41, 5.74) is 9.50. The molecule has 1 heterocycles. The van der Waals surface area contributed by atoms with Crippen LogP contribution < -0.4 is 10.5 Å². The van der Waals surface area contributed by atoms with Gasteiger partial charge in [-0.2, -0.15) is 0 Å². The molecule has 0 amide bonds. The highest BCUT2D eigenvalue weighted by Gasteiger charge is 2.13. The van der Waals surface area contributed by atoms with E-state index in [-0.39, 0.29) is 6.04 Å². The second kappa shape index (κ2) is 7.05. The van der Waals surface area contributed by atoms with E-state index in [0.29, 0.717) is 6.61 Å². The van der Waals surface area contributed by atoms with Crippen molar-refractivity contribution in [2.45, 2.75) is 46.6 Å². The van der Waals surface area contributed by atoms with Gasteiger partial charge in [0.05, 0.1) is 17.3 Å². The number of para-hydroxylation sites is 1. The normalized spacial score (nSPS) is 12.4. The minimum absolute atomic E-state index is 0.0609. The van der Waals surface area contributed by atoms with Crippen molar-refractivity contribution in [2.24, 2.45) is 5.73 Å². The third-order valence-corrected chi connectivity index (χ3v) is 4.85. The number of benzene rings is 1. The summed E-state index contributed by atoms with van der Waals surface area (Å²) in [5, 5.41) is 1.12. The number of aromatic nitrogens is 1. The Morgan fingerprint density at radius 1 is 1.29 bits per heavy atom. The lowest BCUT2D eigenvalue weighted by atomic mass is 10.1. The van der Waals surface area contributed by atoms with Gasteiger partial charge in [-0.05, 0) is 38.3 Å². The maximum atomic E-state index is 6.00. The van der Waals surface area contributed by atoms with Crippen LogP contribution >= 0.6 is 11.3 Å². The first-order valence-corrected chi connectivity index (χ1v) is 8.27. The summed E-state index contributed by atoms with van der Waals surface area (Å²) in [6.45, 7) is 8.95. The van der Waals surface area contributed by atoms with Gasteiger partial charge in [-0.15, -0.1) is 11.3 Å². The monoisotopic (exact) mass is 304 g/mol. The Morgan fingerprint density at radius 3 is 2.48 bits per heavy atom. The van der Waals surface area contributed by atoms with Gasteiger partial charge >= 0.3 is 0 Å². The zero-order valence-electron chi connectivity index (χ0n) is 13.3. The molecule has 2 aromatic rings. The minimum atomic E-state index is 0.0609. The molecule has 2 rings (SSSR count). The zero-order valence-corrected chi connectivity index (χ0v) is 14.1. The van der Waals surface area contributed by atoms with E-state index in [0.717, 1.165) is 29.3 Å². The molecule has 114 valence electrons. The van der Waals surface area contributed by atoms with E-state index in [1.54, 1.807) is 11.3 Å². The third-order valence-electron chi connectivity index (χ3n) is 3.49. The van der Waals surface area contributed by atoms with Gasteiger partial charge in [0.25, 0.3) is 0 Å². The van der Waals surface area contributed by atoms with Crippen LogP contribution in [0.1, 0.15) is 46.6 Å². The number of nitrogens with zero attached hydrogens (tertiary/aromatic N) is 1. The summed E-state index contributed by atoms with van der Waals surface area (Å²) >= 11 is 1.72. The standard InChI is InChI=1S/C17H24N2OS/c1-5-14-17(13(4)18)21-15(19-14)9-10-20-16-11(2)7-6-8-12(16)3/h6-8,13H,5,9-10,18H2,1-4H3. The maximum Gasteiger partial charge on any atom is 0.125 e. The lowest BCUT2D eigenvalue weighted by molar-refractivity contribution is 0.317. The van der Waals surface area contributed by atoms with Crippen LogP contribution in [0, 0.1) is 13.8 Å². The van der Waals surface area contributed by atoms with Crippen molar-refractivity contribution in [3.05, 3.63) is 44.9 Å². The Hall–Kier alpha value is -1.39. The first-order chi connectivity index (χ1) is 10.0. The second-order valence-electron chi connectivity index (χ2n) is 5.38. The summed E-state index contributed by atoms with van der Waals surface area (Å²) in [5.74, 6) is 0.997. The summed E-state index contributed by atoms with van der Waals surface area (Å²) < 4.78 is 5.95. The number of nitrogens with two attached hydrogens (primary N) is 1. The van der Waals surface area contributed by atoms with E-state index in [1.807, 2.05) is 6.92 Å². The van der Waals surface area contributed by atoms with Crippen LogP contribution in [0.5, 0.6) is 5.75 Å². The van der Waals surface area contributed by atoms with Crippen molar-refractivity contribution in [2.75, 3.05) is 6.61 Å². The fraction of sp³-hybridized carbons (Fsp3) is 0.471. The van der Waals surface area contributed by atoms with Crippen LogP contribution in [0.2, 0.25) is 0 Å². The van der Waals surface area contributed by atoms with Crippen LogP contribution in [-0.2, 0) is 12.8 Å². The first kappa shape index (κ1) is 16.0. The molecule has 0 fully saturated rings. The molecule has 21 heavy (non-hydrogen) atoms. The zero-order chi connectivity index (χ0) is 15.4. The molecule has 0 bridgehead atoms. The lowest BCUT2D eigenvalue weighted by Crippen LogP contribution is -2.05. The smallest absolute Gasteiger partial charge is 0.125 e. The maximum absolute atomic E-state index is 6.00. The van der Waals surface area contributed by atoms with Gasteiger partial charge in [-0.25, -0.2) is 4.98 Å². The highest BCUT2D eigenvalue weighted by atomic mass is 32.1. The third kappa shape index (κ3) is 3.83. The van der Waals surface area contributed by atoms with Crippen molar-refractivity contribution >= 4 is 11.3 Å². The van der Waals surface area contributed by atoms with Gasteiger partial charge in [0.15, 0.2) is 0 Å². The number of rotatable bonds is 6. The van der Waals surface area contributed by atoms with Gasteiger partial charge < -0.3 is 10.5 Å². The largest absolute Gasteiger partial charge is 0.493 e. The molecule has 0 aliphatic rings. The predicted octanol–water partition coefficient (Wildman–Crippen LogP) is 3.96. The molecular weight excluding hydrogens is 280 g/mol. The van der Waals surface area contributed by atoms with Crippen molar-refractivity contribution < 1.29 is 4.74 Å². The number of thiazole rings is 1. The van der Waals surface area contributed by atoms with Crippen LogP contribution in [0.4, 0.5) is 0 Å². The first-order valence-electron chi connectivity index (χ1n) is 7.46. The summed E-state index contributed by atoms with van der Waals surface area (Å²) in [4.78, 5) is 5.89. The lowest BCUT2D eigenvalue weighted by Gasteiger charge is -2.11. The fourth-order valence-corrected chi connectivity index (χ4v) is 3.49. The van der Waals surface area contributed by atoms with Crippen LogP contribution in [-0.4, -0.2) is 11.6 Å². The van der Waals surface area contributed by atoms with Crippen molar-refractivity contribution in [1.82, 2.24) is 4.98 Å². The van der Waals surface area contributed by atoms with E-state index in [2.05, 4.69) is 44.0 Å². The van der Waals surface area contributed by atoms with E-state index in [9.17, 15) is 0 Å². The molecular formula is C17H24N2OS. The average molecular weight is 304 g/mol. The van der Waals surface area contributed by atoms with Crippen LogP contribution in [0.25, 0.3) is 0 Å². The molecule has 0 aliphatic heterocycles. The molecule has 2 N–H and O–H groups in total. The predicted molar refractivity (Wildman–Crippen MR) is 89.2 cm³/mol. The Morgan fingerprint density at radius 2 is 1.95 bits per heavy atom. The van der Waals surface area contributed by atoms with Gasteiger partial charge in [-0.1, -0.05) is 25.1 Å². The van der Waals surface area contributed by atoms with Gasteiger partial charge in [-0.3, -0.25) is 0 Å². The molecule has 0 saturated heterocycles. The van der Waals surface area contributed by atoms with Gasteiger partial charge in [0.1, 0.15) is 5.75 Å². The Balaban J connectivity index is 2.01. The van der Waals surface area contributed by atoms with Gasteiger partial charge in [0, 0.05) is 17.3 Å². The molecule has 0 radical (unpaired) electrons. The number of aryl methyl sites for hydroxylation is 3. The minimum Gasteiger partial charge on any atom is -0.493 e. The topological polar surface area (TPSA) is 48.1 Å². The van der Waals surface area contributed by atoms with Crippen molar-refractivity contribution in [1.29, 1.82) is 0 Å². The fourth-order valence-electron chi connectivity index (χ4n) is 2.40. The SMILES string of the molecule is CCc1nc(CCOc2c(C)cccc2C)sc1C(C)N. The summed E-state index contributed by atoms with van der Waals surface area (Å²) in [6.07, 6.45) is 1.77. The van der Waals surface area contributed by atoms with Crippen molar-refractivity contribution in [3.63, 3.8) is 0 Å². The average Bonchev–Trinajstić information content (AvgIpc) is 2.85. The van der Waals surface area contributed by atoms with E-state index in [4.69, 9.17) is 10.5 Å². The summed E-state index contributed by atoms with van der Waals surface area (Å²) in [6, 6.07) is 6.27. The number of ether oxygens (including phenoxy) is 1. The quantitative estimate of drug-likeness (QED) is 0.878. The molecule has 0 spiro atoms. The van der Waals surface area contributed by atoms with E-state index < -0.39 is 0 Å². The Bertz CT molecular complexity index is 585. The summed E-state index contributed by atoms with van der Waals surface area (Å²) in [7, 11) is 0. The number of hydrogen-bond donors (Lipinski definition) is 1. The second-order valence-corrected chi connectivity index (χ2v) is 6.50. The van der Waals surface area contributed by atoms with E-state index >= 15 is 0 Å². The molecule has 1 aromatic carbocycles. The molecule has 0 saturated carbocycles. The Kier molecular flexibility index (Phi) is 5.37. The van der Waals surface area contributed by atoms with E-state index in [1.165, 1.54) is 16.0 Å². The molecule has 0 aliphatic carbocycles. The molecule has 3 nitrogen and oxygen atoms in total. The molecule has 1 unspecified atom stereocenters. The highest BCUT2D eigenvalue weighted by Crippen LogP contribution is 2.26. The highest BCUT2D eigenvalue weighted by molar-refractivity contribution is 7.11. The van der Waals surface area contributed by atoms with Crippen LogP contribution in [0.3, 0.4) is 0 Å². The Labute approximate surface area is 131 Å². The number of hydrogen-bond acceptors (Lipinski definition) is 4. The molecule has 1 aromatic heterocycles. The molecule has 1 atom stereocenters. The van der Waals surface area contributed by atoms with Crippen molar-refractivity contribution in [3.8, 4) is 5.75 Å². The van der Waals surface area contributed by atoms with Gasteiger partial charge in [0.2, 0.25) is 0 Å². The molecule has 4 heteroatoms.